The van der Waals surface area contributed by atoms with Crippen molar-refractivity contribution in [3.63, 3.8) is 0 Å². The summed E-state index contributed by atoms with van der Waals surface area (Å²) in [6.07, 6.45) is 26.4. The van der Waals surface area contributed by atoms with Gasteiger partial charge in [-0.05, 0) is 113 Å². The van der Waals surface area contributed by atoms with E-state index in [1.807, 2.05) is 76.1 Å². The molecule has 12 aromatic heterocycles. The fourth-order valence-corrected chi connectivity index (χ4v) is 12.8. The molecule has 93 heavy (non-hydrogen) atoms. The number of aliphatic hydroxyl groups excluding tert-OH is 3. The molecule has 6 fully saturated rings. The van der Waals surface area contributed by atoms with Crippen LogP contribution in [0, 0.1) is 0 Å². The molecule has 6 aliphatic carbocycles. The van der Waals surface area contributed by atoms with Gasteiger partial charge in [-0.25, -0.2) is 29.9 Å². The monoisotopic (exact) mass is 1250 g/mol. The number of anilines is 3. The van der Waals surface area contributed by atoms with Crippen LogP contribution in [0.2, 0.25) is 0 Å². The highest BCUT2D eigenvalue weighted by atomic mass is 16.3. The van der Waals surface area contributed by atoms with Gasteiger partial charge >= 0.3 is 0 Å². The number of nitrogens with zero attached hydrogens (tertiary/aromatic N) is 15. The van der Waals surface area contributed by atoms with Crippen LogP contribution in [0.15, 0.2) is 110 Å². The molecule has 0 saturated heterocycles. The highest BCUT2D eigenvalue weighted by Gasteiger charge is 2.36. The lowest BCUT2D eigenvalue weighted by Gasteiger charge is -2.32. The molecule has 12 heterocycles. The molecule has 0 aliphatic heterocycles. The van der Waals surface area contributed by atoms with E-state index in [0.29, 0.717) is 71.0 Å². The largest absolute Gasteiger partial charge is 0.391 e. The molecule has 0 aromatic carbocycles. The van der Waals surface area contributed by atoms with Crippen LogP contribution < -0.4 is 31.9 Å². The third-order valence-electron chi connectivity index (χ3n) is 19.0. The number of rotatable bonds is 15. The molecular formula is C66H69N21O6. The number of hydrogen-bond acceptors (Lipinski definition) is 18. The van der Waals surface area contributed by atoms with E-state index in [1.165, 1.54) is 18.6 Å². The zero-order chi connectivity index (χ0) is 63.3. The summed E-state index contributed by atoms with van der Waals surface area (Å²) in [5, 5.41) is 63.9. The van der Waals surface area contributed by atoms with Crippen molar-refractivity contribution in [1.29, 1.82) is 0 Å². The summed E-state index contributed by atoms with van der Waals surface area (Å²) in [5.74, 6) is 1.39. The Balaban J connectivity index is 0.000000111. The van der Waals surface area contributed by atoms with Gasteiger partial charge in [-0.3, -0.25) is 14.4 Å². The molecule has 27 heteroatoms. The molecule has 27 nitrogen and oxygen atoms in total. The third-order valence-corrected chi connectivity index (χ3v) is 19.0. The highest BCUT2D eigenvalue weighted by molar-refractivity contribution is 6.03. The van der Waals surface area contributed by atoms with Crippen molar-refractivity contribution in [2.45, 2.75) is 132 Å². The number of pyridine rings is 3. The molecular weight excluding hydrogens is 1180 g/mol. The Labute approximate surface area is 530 Å². The first-order valence-corrected chi connectivity index (χ1v) is 32.0. The van der Waals surface area contributed by atoms with Crippen molar-refractivity contribution in [1.82, 2.24) is 88.4 Å². The zero-order valence-electron chi connectivity index (χ0n) is 51.3. The Kier molecular flexibility index (Phi) is 14.3. The average molecular weight is 1250 g/mol. The molecule has 6 saturated carbocycles. The molecule has 9 N–H and O–H groups in total. The van der Waals surface area contributed by atoms with Crippen LogP contribution in [0.3, 0.4) is 0 Å². The molecule has 3 amide bonds. The lowest BCUT2D eigenvalue weighted by atomic mass is 9.89. The van der Waals surface area contributed by atoms with Crippen LogP contribution in [-0.4, -0.2) is 163 Å². The summed E-state index contributed by atoms with van der Waals surface area (Å²) >= 11 is 0. The molecule has 1 unspecified atom stereocenters. The van der Waals surface area contributed by atoms with Gasteiger partial charge in [0.1, 0.15) is 51.1 Å². The second-order valence-corrected chi connectivity index (χ2v) is 25.1. The van der Waals surface area contributed by atoms with Crippen molar-refractivity contribution in [3.05, 3.63) is 127 Å². The van der Waals surface area contributed by atoms with Gasteiger partial charge in [-0.1, -0.05) is 0 Å². The summed E-state index contributed by atoms with van der Waals surface area (Å²) in [4.78, 5) is 67.0. The van der Waals surface area contributed by atoms with Crippen LogP contribution in [0.25, 0.3) is 83.8 Å². The minimum atomic E-state index is -0.483. The second kappa shape index (κ2) is 23.1. The maximum absolute atomic E-state index is 12.9. The number of carbonyl (C=O) groups is 3. The van der Waals surface area contributed by atoms with Crippen molar-refractivity contribution in [2.75, 3.05) is 37.1 Å². The van der Waals surface area contributed by atoms with Gasteiger partial charge in [0.05, 0.1) is 72.1 Å². The molecule has 12 aromatic rings. The summed E-state index contributed by atoms with van der Waals surface area (Å²) in [6.45, 7) is 0. The van der Waals surface area contributed by atoms with Crippen LogP contribution in [0.4, 0.5) is 17.5 Å². The van der Waals surface area contributed by atoms with E-state index < -0.39 is 18.3 Å². The van der Waals surface area contributed by atoms with E-state index in [4.69, 9.17) is 15.0 Å². The lowest BCUT2D eigenvalue weighted by Crippen LogP contribution is -2.50. The zero-order valence-corrected chi connectivity index (χ0v) is 51.3. The van der Waals surface area contributed by atoms with E-state index in [0.717, 1.165) is 142 Å². The van der Waals surface area contributed by atoms with Gasteiger partial charge in [-0.15, -0.1) is 0 Å². The summed E-state index contributed by atoms with van der Waals surface area (Å²) in [6, 6.07) is 18.6. The van der Waals surface area contributed by atoms with E-state index in [1.54, 1.807) is 13.5 Å². The number of carbonyl (C=O) groups excluding carboxylic acids is 3. The van der Waals surface area contributed by atoms with Crippen molar-refractivity contribution in [3.8, 4) is 33.8 Å². The van der Waals surface area contributed by atoms with Gasteiger partial charge in [0.2, 0.25) is 0 Å². The normalized spacial score (nSPS) is 20.7. The maximum atomic E-state index is 12.9. The molecule has 0 bridgehead atoms. The maximum Gasteiger partial charge on any atom is 0.257 e. The SMILES string of the molecule is CNc1cc(-c2cn(C3CC3)c3ncccc23)nc2c(C(=O)NC3CC[C@H]3O)cnn12.CNc1cc(-c2cn(C3CC3)c3ncccc23)nc2c(C(=O)N[C@@H]3CC[C@@H]3O)cnn12.CNc1cc(-c2cn(C3CC3)c3ncccc23)nc2c(C(=O)N[C@H]3CC[C@H]3O)cnn12. The standard InChI is InChI=1S/3C22H23N7O2/c3*1-23-19-9-17(15-11-28(12-4-5-12)20-13(15)3-2-8-24-20)26-21-14(10-25-29(19)21)22(31)27-16-6-7-18(16)30/h3*2-3,8-12,16,18,23,30H,4-7H2,1H3,(H,27,31)/t16?,18-;2*16-,18+/m110/s1. The molecule has 0 radical (unpaired) electrons. The lowest BCUT2D eigenvalue weighted by molar-refractivity contribution is 0.0448. The van der Waals surface area contributed by atoms with Crippen LogP contribution in [-0.2, 0) is 0 Å². The fraction of sp³-hybridized carbons (Fsp3) is 0.364. The Morgan fingerprint density at radius 3 is 0.935 bits per heavy atom. The van der Waals surface area contributed by atoms with Gasteiger partial charge in [-0.2, -0.15) is 28.8 Å². The Hall–Kier alpha value is -10.4. The van der Waals surface area contributed by atoms with Crippen molar-refractivity contribution in [2.24, 2.45) is 0 Å². The summed E-state index contributed by atoms with van der Waals surface area (Å²) in [7, 11) is 5.46. The highest BCUT2D eigenvalue weighted by Crippen LogP contribution is 2.44. The van der Waals surface area contributed by atoms with Crippen LogP contribution in [0.5, 0.6) is 0 Å². The minimum Gasteiger partial charge on any atom is -0.391 e. The second-order valence-electron chi connectivity index (χ2n) is 25.1. The molecule has 474 valence electrons. The van der Waals surface area contributed by atoms with Gasteiger partial charge in [0.15, 0.2) is 16.9 Å². The molecule has 6 aliphatic rings. The summed E-state index contributed by atoms with van der Waals surface area (Å²) < 4.78 is 11.6. The third kappa shape index (κ3) is 10.3. The predicted octanol–water partition coefficient (Wildman–Crippen LogP) is 7.13. The fourth-order valence-electron chi connectivity index (χ4n) is 12.8. The van der Waals surface area contributed by atoms with Crippen molar-refractivity contribution < 1.29 is 29.7 Å². The first-order chi connectivity index (χ1) is 45.4. The molecule has 6 atom stereocenters. The molecule has 0 spiro atoms. The Morgan fingerprint density at radius 2 is 0.699 bits per heavy atom. The van der Waals surface area contributed by atoms with E-state index in [2.05, 4.69) is 113 Å². The Morgan fingerprint density at radius 1 is 0.409 bits per heavy atom. The van der Waals surface area contributed by atoms with Gasteiger partial charge in [0, 0.05) is 127 Å². The first-order valence-electron chi connectivity index (χ1n) is 32.0. The first kappa shape index (κ1) is 57.8. The predicted molar refractivity (Wildman–Crippen MR) is 348 cm³/mol. The van der Waals surface area contributed by atoms with Crippen LogP contribution >= 0.6 is 0 Å². The molecule has 18 rings (SSSR count). The number of aromatic nitrogens is 15. The number of nitrogens with one attached hydrogen (secondary N) is 6. The van der Waals surface area contributed by atoms with Crippen molar-refractivity contribution >= 4 is 85.2 Å². The van der Waals surface area contributed by atoms with E-state index in [9.17, 15) is 29.7 Å². The number of aliphatic hydroxyl groups is 3. The van der Waals surface area contributed by atoms with E-state index in [-0.39, 0.29) is 35.8 Å². The van der Waals surface area contributed by atoms with Gasteiger partial charge in [0.25, 0.3) is 17.7 Å². The Bertz CT molecular complexity index is 4450. The topological polar surface area (TPSA) is 328 Å². The quantitative estimate of drug-likeness (QED) is 0.0493. The number of amides is 3. The number of hydrogen-bond donors (Lipinski definition) is 9. The van der Waals surface area contributed by atoms with Gasteiger partial charge < -0.3 is 60.9 Å². The summed E-state index contributed by atoms with van der Waals surface area (Å²) in [5.41, 5.74) is 10.7. The minimum absolute atomic E-state index is 0.211. The van der Waals surface area contributed by atoms with E-state index >= 15 is 0 Å². The van der Waals surface area contributed by atoms with Crippen LogP contribution in [0.1, 0.15) is 126 Å². The average Bonchev–Trinajstić information content (AvgIpc) is 1.84. The smallest absolute Gasteiger partial charge is 0.257 e. The number of fused-ring (bicyclic) bond motifs is 6.